The average molecular weight is 604 g/mol. The number of nitrogens with one attached hydrogen (secondary N) is 1. The van der Waals surface area contributed by atoms with Crippen LogP contribution >= 0.6 is 11.6 Å². The predicted octanol–water partition coefficient (Wildman–Crippen LogP) is 2.90. The van der Waals surface area contributed by atoms with E-state index in [0.717, 1.165) is 0 Å². The summed E-state index contributed by atoms with van der Waals surface area (Å²) in [6.07, 6.45) is -0.0389. The van der Waals surface area contributed by atoms with Gasteiger partial charge in [-0.1, -0.05) is 11.6 Å². The zero-order valence-electron chi connectivity index (χ0n) is 22.7. The molecule has 14 heteroatoms. The topological polar surface area (TPSA) is 167 Å². The number of pyridine rings is 1. The Balaban J connectivity index is 1.79. The Morgan fingerprint density at radius 1 is 1.28 bits per heavy atom. The Bertz CT molecular complexity index is 1390. The van der Waals surface area contributed by atoms with Crippen molar-refractivity contribution in [2.45, 2.75) is 63.3 Å². The minimum atomic E-state index is -3.87. The minimum Gasteiger partial charge on any atom is -0.493 e. The summed E-state index contributed by atoms with van der Waals surface area (Å²) < 4.78 is 53.9. The van der Waals surface area contributed by atoms with Gasteiger partial charge < -0.3 is 19.3 Å². The van der Waals surface area contributed by atoms with E-state index in [0.29, 0.717) is 11.3 Å². The number of nitrogens with two attached hydrogens (primary N) is 1. The predicted molar refractivity (Wildman–Crippen MR) is 148 cm³/mol. The number of fused-ring (bicyclic) bond motifs is 1. The number of hydrogen-bond donors (Lipinski definition) is 3. The van der Waals surface area contributed by atoms with Gasteiger partial charge in [0.15, 0.2) is 28.2 Å². The van der Waals surface area contributed by atoms with E-state index in [2.05, 4.69) is 9.71 Å². The summed E-state index contributed by atoms with van der Waals surface area (Å²) in [5.74, 6) is -0.429. The highest BCUT2D eigenvalue weighted by Crippen LogP contribution is 2.43. The zero-order chi connectivity index (χ0) is 29.4. The van der Waals surface area contributed by atoms with Crippen LogP contribution in [0.5, 0.6) is 17.2 Å². The molecule has 1 aliphatic rings. The maximum absolute atomic E-state index is 13.0. The summed E-state index contributed by atoms with van der Waals surface area (Å²) in [6.45, 7) is 9.10. The van der Waals surface area contributed by atoms with Gasteiger partial charge in [0.25, 0.3) is 0 Å². The number of ether oxygens (including phenoxy) is 3. The number of rotatable bonds is 11. The van der Waals surface area contributed by atoms with Crippen LogP contribution in [-0.2, 0) is 32.1 Å². The van der Waals surface area contributed by atoms with Gasteiger partial charge in [-0.25, -0.2) is 27.5 Å². The van der Waals surface area contributed by atoms with Gasteiger partial charge >= 0.3 is 0 Å². The molecule has 0 amide bonds. The fourth-order valence-electron chi connectivity index (χ4n) is 3.80. The van der Waals surface area contributed by atoms with E-state index in [1.165, 1.54) is 32.2 Å². The van der Waals surface area contributed by atoms with Gasteiger partial charge in [-0.05, 0) is 65.3 Å². The van der Waals surface area contributed by atoms with Crippen molar-refractivity contribution in [3.8, 4) is 17.2 Å². The lowest BCUT2D eigenvalue weighted by Gasteiger charge is -2.30. The summed E-state index contributed by atoms with van der Waals surface area (Å²) in [5, 5.41) is 16.3. The molecule has 1 aromatic heterocycles. The molecule has 11 nitrogen and oxygen atoms in total. The molecule has 0 fully saturated rings. The van der Waals surface area contributed by atoms with Gasteiger partial charge in [0.1, 0.15) is 12.2 Å². The third-order valence-electron chi connectivity index (χ3n) is 6.16. The Kier molecular flexibility index (Phi) is 9.05. The maximum atomic E-state index is 13.0. The van der Waals surface area contributed by atoms with Crippen molar-refractivity contribution in [1.29, 1.82) is 0 Å². The lowest BCUT2D eigenvalue weighted by molar-refractivity contribution is 0.0395. The molecule has 216 valence electrons. The van der Waals surface area contributed by atoms with Crippen LogP contribution in [0.15, 0.2) is 24.3 Å². The van der Waals surface area contributed by atoms with Crippen molar-refractivity contribution in [1.82, 2.24) is 9.71 Å². The van der Waals surface area contributed by atoms with E-state index in [-0.39, 0.29) is 53.1 Å². The molecule has 0 saturated carbocycles. The fourth-order valence-corrected chi connectivity index (χ4v) is 5.22. The van der Waals surface area contributed by atoms with Crippen LogP contribution in [0.1, 0.15) is 69.1 Å². The number of carbonyl (C=O) groups excluding carboxylic acids is 1. The van der Waals surface area contributed by atoms with Crippen LogP contribution in [0, 0.1) is 0 Å². The second-order valence-electron chi connectivity index (χ2n) is 10.8. The molecule has 3 atom stereocenters. The smallest absolute Gasteiger partial charge is 0.244 e. The number of benzene rings is 1. The number of ketones is 1. The van der Waals surface area contributed by atoms with E-state index in [4.69, 9.17) is 31.0 Å². The molecule has 3 unspecified atom stereocenters. The molecular formula is C25H34ClN3O8S2. The third-order valence-corrected chi connectivity index (χ3v) is 8.61. The molecule has 0 radical (unpaired) electrons. The number of nitrogens with zero attached hydrogens (tertiary/aromatic N) is 1. The highest BCUT2D eigenvalue weighted by molar-refractivity contribution is 7.89. The fraction of sp³-hybridized carbons (Fsp3) is 0.520. The maximum Gasteiger partial charge on any atom is 0.244 e. The summed E-state index contributed by atoms with van der Waals surface area (Å²) in [5.41, 5.74) is -1.25. The Morgan fingerprint density at radius 3 is 2.54 bits per heavy atom. The Labute approximate surface area is 236 Å². The van der Waals surface area contributed by atoms with Crippen molar-refractivity contribution in [2.24, 2.45) is 5.14 Å². The molecule has 2 heterocycles. The molecule has 0 saturated heterocycles. The van der Waals surface area contributed by atoms with Crippen LogP contribution < -0.4 is 24.1 Å². The third kappa shape index (κ3) is 7.47. The molecule has 3 rings (SSSR count). The normalized spacial score (nSPS) is 19.5. The van der Waals surface area contributed by atoms with Crippen LogP contribution in [-0.4, -0.2) is 52.9 Å². The molecule has 0 bridgehead atoms. The van der Waals surface area contributed by atoms with E-state index in [1.54, 1.807) is 6.07 Å². The molecule has 1 aromatic carbocycles. The first kappa shape index (κ1) is 31.2. The van der Waals surface area contributed by atoms with Gasteiger partial charge in [-0.2, -0.15) is 0 Å². The first-order valence-corrected chi connectivity index (χ1v) is 15.2. The molecule has 1 aliphatic heterocycles. The monoisotopic (exact) mass is 603 g/mol. The van der Waals surface area contributed by atoms with E-state index >= 15 is 0 Å². The summed E-state index contributed by atoms with van der Waals surface area (Å²) in [6, 6.07) is 5.95. The molecule has 39 heavy (non-hydrogen) atoms. The van der Waals surface area contributed by atoms with Crippen molar-refractivity contribution >= 4 is 38.4 Å². The Hall–Kier alpha value is -2.29. The SMILES string of the molecule is COc1cc(C(=O)CCC(C)(O)c2cc3c(c(Cl)n2)OCC3(C)NS(=O)C(C)(C)C)ccc1OCS(N)(=O)=O. The highest BCUT2D eigenvalue weighted by Gasteiger charge is 2.42. The molecule has 0 spiro atoms. The number of aromatic nitrogens is 1. The molecule has 0 aliphatic carbocycles. The first-order chi connectivity index (χ1) is 17.9. The summed E-state index contributed by atoms with van der Waals surface area (Å²) in [4.78, 5) is 17.3. The van der Waals surface area contributed by atoms with Crippen molar-refractivity contribution in [3.05, 3.63) is 46.2 Å². The van der Waals surface area contributed by atoms with Gasteiger partial charge in [0, 0.05) is 17.5 Å². The standard InChI is InChI=1S/C25H34ClN3O8S2/c1-23(2,3)38(32)29-24(4)13-36-21-16(24)12-20(28-22(21)26)25(5,31)10-9-17(30)15-7-8-18(19(11-15)35-6)37-14-39(27,33)34/h7-8,11-12,29,31H,9-10,13-14H2,1-6H3,(H2,27,33,34). The van der Waals surface area contributed by atoms with Gasteiger partial charge in [-0.15, -0.1) is 0 Å². The largest absolute Gasteiger partial charge is 0.493 e. The van der Waals surface area contributed by atoms with Gasteiger partial charge in [0.05, 0.1) is 34.1 Å². The van der Waals surface area contributed by atoms with E-state index < -0.39 is 42.8 Å². The number of sulfonamides is 1. The van der Waals surface area contributed by atoms with Crippen molar-refractivity contribution < 1.29 is 36.7 Å². The first-order valence-electron chi connectivity index (χ1n) is 12.0. The van der Waals surface area contributed by atoms with E-state index in [1.807, 2.05) is 27.7 Å². The zero-order valence-corrected chi connectivity index (χ0v) is 25.1. The number of primary sulfonamides is 1. The lowest BCUT2D eigenvalue weighted by Crippen LogP contribution is -2.47. The molecule has 2 aromatic rings. The minimum absolute atomic E-state index is 0.0128. The van der Waals surface area contributed by atoms with Gasteiger partial charge in [0.2, 0.25) is 16.0 Å². The second-order valence-corrected chi connectivity index (χ2v) is 14.7. The molecular weight excluding hydrogens is 570 g/mol. The number of methoxy groups -OCH3 is 1. The van der Waals surface area contributed by atoms with Crippen LogP contribution in [0.3, 0.4) is 0 Å². The Morgan fingerprint density at radius 2 is 1.95 bits per heavy atom. The molecule has 4 N–H and O–H groups in total. The number of halogens is 1. The van der Waals surface area contributed by atoms with E-state index in [9.17, 15) is 22.5 Å². The summed E-state index contributed by atoms with van der Waals surface area (Å²) in [7, 11) is -3.92. The number of Topliss-reactive ketones (excluding diaryl/α,β-unsaturated/α-hetero) is 1. The quantitative estimate of drug-likeness (QED) is 0.258. The van der Waals surface area contributed by atoms with Crippen LogP contribution in [0.2, 0.25) is 5.15 Å². The highest BCUT2D eigenvalue weighted by atomic mass is 35.5. The van der Waals surface area contributed by atoms with Crippen LogP contribution in [0.4, 0.5) is 0 Å². The lowest BCUT2D eigenvalue weighted by atomic mass is 9.89. The second kappa shape index (κ2) is 11.3. The van der Waals surface area contributed by atoms with Crippen LogP contribution in [0.25, 0.3) is 0 Å². The summed E-state index contributed by atoms with van der Waals surface area (Å²) >= 11 is 6.41. The number of carbonyl (C=O) groups is 1. The van der Waals surface area contributed by atoms with Crippen molar-refractivity contribution in [3.63, 3.8) is 0 Å². The number of hydrogen-bond acceptors (Lipinski definition) is 9. The van der Waals surface area contributed by atoms with Gasteiger partial charge in [-0.3, -0.25) is 4.79 Å². The van der Waals surface area contributed by atoms with Crippen molar-refractivity contribution in [2.75, 3.05) is 19.7 Å². The average Bonchev–Trinajstić information content (AvgIpc) is 3.16. The number of aliphatic hydroxyl groups is 1.